The quantitative estimate of drug-likeness (QED) is 0.707. The highest BCUT2D eigenvalue weighted by Crippen LogP contribution is 2.43. The molecule has 28 heavy (non-hydrogen) atoms. The van der Waals surface area contributed by atoms with Crippen molar-refractivity contribution in [2.45, 2.75) is 31.1 Å². The van der Waals surface area contributed by atoms with E-state index in [4.69, 9.17) is 4.98 Å². The van der Waals surface area contributed by atoms with Crippen LogP contribution in [0.2, 0.25) is 0 Å². The largest absolute Gasteiger partial charge is 0.341 e. The van der Waals surface area contributed by atoms with E-state index >= 15 is 0 Å². The molecular formula is C20H20N6O2. The van der Waals surface area contributed by atoms with E-state index in [1.165, 1.54) is 0 Å². The van der Waals surface area contributed by atoms with E-state index in [1.54, 1.807) is 24.8 Å². The lowest BCUT2D eigenvalue weighted by molar-refractivity contribution is 0.0622. The topological polar surface area (TPSA) is 108 Å². The number of carbonyl (C=O) groups excluding carboxylic acids is 1. The molecule has 142 valence electrons. The molecule has 1 aliphatic heterocycles. The number of aromatic nitrogens is 5. The predicted molar refractivity (Wildman–Crippen MR) is 102 cm³/mol. The molecule has 1 amide bonds. The summed E-state index contributed by atoms with van der Waals surface area (Å²) in [6, 6.07) is 3.70. The lowest BCUT2D eigenvalue weighted by Crippen LogP contribution is -2.48. The molecule has 1 fully saturated rings. The molecule has 1 atom stereocenters. The second-order valence-electron chi connectivity index (χ2n) is 7.53. The van der Waals surface area contributed by atoms with Gasteiger partial charge in [0.25, 0.3) is 11.5 Å². The lowest BCUT2D eigenvalue weighted by atomic mass is 9.77. The average molecular weight is 376 g/mol. The van der Waals surface area contributed by atoms with E-state index in [1.807, 2.05) is 17.0 Å². The van der Waals surface area contributed by atoms with Crippen molar-refractivity contribution >= 4 is 5.91 Å². The molecule has 0 aromatic carbocycles. The van der Waals surface area contributed by atoms with E-state index in [-0.39, 0.29) is 16.9 Å². The maximum absolute atomic E-state index is 12.8. The zero-order valence-corrected chi connectivity index (χ0v) is 15.3. The number of nitrogens with one attached hydrogen (secondary N) is 2. The van der Waals surface area contributed by atoms with Crippen LogP contribution in [0.3, 0.4) is 0 Å². The van der Waals surface area contributed by atoms with Crippen LogP contribution in [0.25, 0.3) is 11.4 Å². The van der Waals surface area contributed by atoms with Crippen molar-refractivity contribution < 1.29 is 4.79 Å². The number of fused-ring (bicyclic) bond motifs is 2. The van der Waals surface area contributed by atoms with Gasteiger partial charge in [-0.1, -0.05) is 0 Å². The van der Waals surface area contributed by atoms with Crippen molar-refractivity contribution in [1.82, 2.24) is 29.8 Å². The molecule has 8 nitrogen and oxygen atoms in total. The van der Waals surface area contributed by atoms with Gasteiger partial charge in [0.1, 0.15) is 5.82 Å². The summed E-state index contributed by atoms with van der Waals surface area (Å²) in [5, 5.41) is 0. The first-order chi connectivity index (χ1) is 13.7. The number of imidazole rings is 1. The summed E-state index contributed by atoms with van der Waals surface area (Å²) in [5.74, 6) is 0.785. The predicted octanol–water partition coefficient (Wildman–Crippen LogP) is 1.68. The van der Waals surface area contributed by atoms with E-state index < -0.39 is 0 Å². The van der Waals surface area contributed by atoms with Crippen LogP contribution in [0.5, 0.6) is 0 Å². The van der Waals surface area contributed by atoms with Crippen molar-refractivity contribution in [2.24, 2.45) is 0 Å². The lowest BCUT2D eigenvalue weighted by Gasteiger charge is -2.40. The highest BCUT2D eigenvalue weighted by Gasteiger charge is 2.46. The maximum atomic E-state index is 12.8. The number of amides is 1. The minimum Gasteiger partial charge on any atom is -0.341 e. The minimum atomic E-state index is -0.277. The van der Waals surface area contributed by atoms with Gasteiger partial charge in [0.2, 0.25) is 0 Å². The van der Waals surface area contributed by atoms with Gasteiger partial charge in [0.05, 0.1) is 5.69 Å². The first kappa shape index (κ1) is 16.9. The number of pyridine rings is 1. The number of hydrogen-bond acceptors (Lipinski definition) is 5. The zero-order valence-electron chi connectivity index (χ0n) is 15.3. The fraction of sp³-hybridized carbons (Fsp3) is 0.350. The first-order valence-electron chi connectivity index (χ1n) is 9.49. The Morgan fingerprint density at radius 1 is 1.25 bits per heavy atom. The number of nitrogens with zero attached hydrogens (tertiary/aromatic N) is 4. The Bertz CT molecular complexity index is 1080. The molecule has 2 N–H and O–H groups in total. The van der Waals surface area contributed by atoms with E-state index in [0.717, 1.165) is 36.1 Å². The monoisotopic (exact) mass is 376 g/mol. The number of aromatic amines is 2. The molecule has 1 aliphatic carbocycles. The highest BCUT2D eigenvalue weighted by molar-refractivity contribution is 5.90. The highest BCUT2D eigenvalue weighted by atomic mass is 16.2. The molecular weight excluding hydrogens is 356 g/mol. The van der Waals surface area contributed by atoms with E-state index in [0.29, 0.717) is 31.2 Å². The maximum Gasteiger partial charge on any atom is 0.289 e. The standard InChI is InChI=1S/C20H20N6O2/c27-18-14-4-6-20(15(14)24-16(25-18)13-3-1-7-21-11-13)5-2-10-26(12-20)19(28)17-22-8-9-23-17/h1,3,7-9,11H,2,4-6,10,12H2,(H,22,23)(H,24,25,27). The third-order valence-corrected chi connectivity index (χ3v) is 5.87. The molecule has 0 radical (unpaired) electrons. The van der Waals surface area contributed by atoms with Gasteiger partial charge in [0.15, 0.2) is 5.82 Å². The summed E-state index contributed by atoms with van der Waals surface area (Å²) in [4.78, 5) is 46.2. The third-order valence-electron chi connectivity index (χ3n) is 5.87. The van der Waals surface area contributed by atoms with Gasteiger partial charge in [-0.25, -0.2) is 9.97 Å². The number of piperidine rings is 1. The molecule has 0 bridgehead atoms. The summed E-state index contributed by atoms with van der Waals surface area (Å²) >= 11 is 0. The summed E-state index contributed by atoms with van der Waals surface area (Å²) in [6.45, 7) is 1.25. The Morgan fingerprint density at radius 2 is 2.18 bits per heavy atom. The van der Waals surface area contributed by atoms with Gasteiger partial charge in [-0.3, -0.25) is 14.6 Å². The van der Waals surface area contributed by atoms with Crippen LogP contribution in [0, 0.1) is 0 Å². The molecule has 5 rings (SSSR count). The second kappa shape index (κ2) is 6.40. The Kier molecular flexibility index (Phi) is 3.85. The van der Waals surface area contributed by atoms with Crippen LogP contribution in [-0.2, 0) is 11.8 Å². The molecule has 1 unspecified atom stereocenters. The fourth-order valence-corrected chi connectivity index (χ4v) is 4.53. The van der Waals surface area contributed by atoms with Crippen LogP contribution in [0.4, 0.5) is 0 Å². The van der Waals surface area contributed by atoms with Crippen molar-refractivity contribution in [1.29, 1.82) is 0 Å². The van der Waals surface area contributed by atoms with Crippen LogP contribution in [0.15, 0.2) is 41.7 Å². The van der Waals surface area contributed by atoms with Gasteiger partial charge < -0.3 is 14.9 Å². The van der Waals surface area contributed by atoms with Crippen molar-refractivity contribution in [3.63, 3.8) is 0 Å². The molecule has 3 aromatic heterocycles. The van der Waals surface area contributed by atoms with Gasteiger partial charge in [-0.05, 0) is 37.8 Å². The van der Waals surface area contributed by atoms with Gasteiger partial charge in [0, 0.05) is 54.4 Å². The van der Waals surface area contributed by atoms with Gasteiger partial charge in [-0.15, -0.1) is 0 Å². The number of carbonyl (C=O) groups is 1. The van der Waals surface area contributed by atoms with Crippen molar-refractivity contribution in [2.75, 3.05) is 13.1 Å². The van der Waals surface area contributed by atoms with Crippen LogP contribution < -0.4 is 5.56 Å². The van der Waals surface area contributed by atoms with Gasteiger partial charge >= 0.3 is 0 Å². The molecule has 2 aliphatic rings. The Balaban J connectivity index is 1.54. The summed E-state index contributed by atoms with van der Waals surface area (Å²) in [7, 11) is 0. The average Bonchev–Trinajstić information content (AvgIpc) is 3.38. The fourth-order valence-electron chi connectivity index (χ4n) is 4.53. The summed E-state index contributed by atoms with van der Waals surface area (Å²) < 4.78 is 0. The van der Waals surface area contributed by atoms with E-state index in [9.17, 15) is 9.59 Å². The summed E-state index contributed by atoms with van der Waals surface area (Å²) in [5.41, 5.74) is 2.01. The minimum absolute atomic E-state index is 0.0878. The number of H-pyrrole nitrogens is 2. The normalized spacial score (nSPS) is 21.1. The molecule has 0 saturated carbocycles. The zero-order chi connectivity index (χ0) is 19.1. The number of likely N-dealkylation sites (tertiary alicyclic amines) is 1. The Morgan fingerprint density at radius 3 is 2.96 bits per heavy atom. The van der Waals surface area contributed by atoms with Crippen molar-refractivity contribution in [3.05, 3.63) is 64.4 Å². The number of hydrogen-bond donors (Lipinski definition) is 2. The second-order valence-corrected chi connectivity index (χ2v) is 7.53. The smallest absolute Gasteiger partial charge is 0.289 e. The van der Waals surface area contributed by atoms with Crippen LogP contribution in [-0.4, -0.2) is 48.8 Å². The molecule has 3 aromatic rings. The third kappa shape index (κ3) is 2.64. The van der Waals surface area contributed by atoms with Crippen molar-refractivity contribution in [3.8, 4) is 11.4 Å². The first-order valence-corrected chi connectivity index (χ1v) is 9.49. The SMILES string of the molecule is O=C(c1ncc[nH]1)N1CCCC2(CCc3c2nc(-c2cccnc2)[nH]c3=O)C1. The molecule has 4 heterocycles. The Labute approximate surface area is 161 Å². The molecule has 1 saturated heterocycles. The Hall–Kier alpha value is -3.29. The van der Waals surface area contributed by atoms with Gasteiger partial charge in [-0.2, -0.15) is 0 Å². The summed E-state index contributed by atoms with van der Waals surface area (Å²) in [6.07, 6.45) is 9.94. The molecule has 1 spiro atoms. The molecule has 8 heteroatoms. The number of rotatable bonds is 2. The van der Waals surface area contributed by atoms with Crippen LogP contribution >= 0.6 is 0 Å². The van der Waals surface area contributed by atoms with E-state index in [2.05, 4.69) is 19.9 Å². The van der Waals surface area contributed by atoms with Crippen LogP contribution in [0.1, 0.15) is 41.1 Å².